The molecule has 0 aromatic carbocycles. The zero-order valence-electron chi connectivity index (χ0n) is 7.45. The van der Waals surface area contributed by atoms with E-state index in [1.807, 2.05) is 0 Å². The van der Waals surface area contributed by atoms with Gasteiger partial charge < -0.3 is 24.8 Å². The number of allylic oxidation sites excluding steroid dienone is 4. The summed E-state index contributed by atoms with van der Waals surface area (Å²) in [7, 11) is 0. The first-order chi connectivity index (χ1) is 4.75. The first kappa shape index (κ1) is 15.4. The summed E-state index contributed by atoms with van der Waals surface area (Å²) in [4.78, 5) is 0. The van der Waals surface area contributed by atoms with Gasteiger partial charge in [0.15, 0.2) is 0 Å². The van der Waals surface area contributed by atoms with Crippen molar-refractivity contribution in [2.24, 2.45) is 0 Å². The Labute approximate surface area is 103 Å². The van der Waals surface area contributed by atoms with Crippen LogP contribution in [0.25, 0.3) is 0 Å². The summed E-state index contributed by atoms with van der Waals surface area (Å²) in [5.41, 5.74) is 3.19. The molecule has 1 rings (SSSR count). The van der Waals surface area contributed by atoms with E-state index in [0.717, 1.165) is 0 Å². The Morgan fingerprint density at radius 2 is 2.00 bits per heavy atom. The molecule has 0 N–H and O–H groups in total. The SMILES string of the molecule is CCCC1=[C]([Zr+2])CC=C1C.[Cl-].[Cl-]. The van der Waals surface area contributed by atoms with Crippen LogP contribution in [0.1, 0.15) is 33.1 Å². The molecule has 0 spiro atoms. The van der Waals surface area contributed by atoms with Crippen molar-refractivity contribution in [2.45, 2.75) is 33.1 Å². The fraction of sp³-hybridized carbons (Fsp3) is 0.556. The van der Waals surface area contributed by atoms with Crippen LogP contribution >= 0.6 is 0 Å². The summed E-state index contributed by atoms with van der Waals surface area (Å²) in [6.45, 7) is 4.49. The minimum absolute atomic E-state index is 0. The van der Waals surface area contributed by atoms with E-state index in [1.54, 1.807) is 33.6 Å². The van der Waals surface area contributed by atoms with E-state index < -0.39 is 0 Å². The van der Waals surface area contributed by atoms with Gasteiger partial charge in [0.2, 0.25) is 0 Å². The maximum atomic E-state index is 2.36. The summed E-state index contributed by atoms with van der Waals surface area (Å²) < 4.78 is 1.67. The Morgan fingerprint density at radius 1 is 1.42 bits per heavy atom. The fourth-order valence-corrected chi connectivity index (χ4v) is 2.38. The van der Waals surface area contributed by atoms with Crippen molar-refractivity contribution in [1.82, 2.24) is 0 Å². The molecule has 67 valence electrons. The molecule has 0 saturated heterocycles. The Morgan fingerprint density at radius 3 is 2.33 bits per heavy atom. The second-order valence-electron chi connectivity index (χ2n) is 2.80. The minimum atomic E-state index is 0. The van der Waals surface area contributed by atoms with Crippen LogP contribution in [0, 0.1) is 0 Å². The van der Waals surface area contributed by atoms with Gasteiger partial charge in [0, 0.05) is 0 Å². The molecule has 0 heterocycles. The van der Waals surface area contributed by atoms with Gasteiger partial charge in [0.1, 0.15) is 0 Å². The van der Waals surface area contributed by atoms with E-state index >= 15 is 0 Å². The molecule has 1 aliphatic rings. The van der Waals surface area contributed by atoms with Crippen LogP contribution in [0.5, 0.6) is 0 Å². The summed E-state index contributed by atoms with van der Waals surface area (Å²) in [6.07, 6.45) is 6.18. The van der Waals surface area contributed by atoms with Crippen LogP contribution in [0.2, 0.25) is 0 Å². The van der Waals surface area contributed by atoms with E-state index in [-0.39, 0.29) is 24.8 Å². The van der Waals surface area contributed by atoms with Crippen LogP contribution in [-0.4, -0.2) is 0 Å². The van der Waals surface area contributed by atoms with Crippen LogP contribution in [0.15, 0.2) is 20.5 Å². The molecule has 3 heteroatoms. The summed E-state index contributed by atoms with van der Waals surface area (Å²) in [5, 5.41) is 0. The van der Waals surface area contributed by atoms with E-state index in [9.17, 15) is 0 Å². The second kappa shape index (κ2) is 7.36. The maximum absolute atomic E-state index is 2.36. The predicted octanol–water partition coefficient (Wildman–Crippen LogP) is -3.05. The van der Waals surface area contributed by atoms with Crippen molar-refractivity contribution in [3.05, 3.63) is 20.5 Å². The van der Waals surface area contributed by atoms with Crippen molar-refractivity contribution in [1.29, 1.82) is 0 Å². The number of halogens is 2. The van der Waals surface area contributed by atoms with Gasteiger partial charge in [0.25, 0.3) is 0 Å². The average molecular weight is 283 g/mol. The van der Waals surface area contributed by atoms with Crippen molar-refractivity contribution in [2.75, 3.05) is 0 Å². The normalized spacial score (nSPS) is 15.2. The molecule has 1 aliphatic carbocycles. The van der Waals surface area contributed by atoms with Gasteiger partial charge in [-0.25, -0.2) is 0 Å². The number of hydrogen-bond donors (Lipinski definition) is 0. The van der Waals surface area contributed by atoms with E-state index in [0.29, 0.717) is 0 Å². The molecule has 0 atom stereocenters. The molecule has 0 aliphatic heterocycles. The molecule has 0 bridgehead atoms. The second-order valence-corrected chi connectivity index (χ2v) is 4.28. The zero-order chi connectivity index (χ0) is 7.56. The van der Waals surface area contributed by atoms with Gasteiger partial charge in [-0.15, -0.1) is 0 Å². The average Bonchev–Trinajstić information content (AvgIpc) is 2.20. The molecule has 0 saturated carbocycles. The Hall–Kier alpha value is 0.943. The first-order valence-corrected chi connectivity index (χ1v) is 5.09. The standard InChI is InChI=1S/C9H13.2ClH.Zr/c1-3-5-9-7-4-6-8(9)2;;;/h6H,3-5H2,1-2H3;2*1H;/q;;;+2/p-2. The molecule has 0 aromatic heterocycles. The Kier molecular flexibility index (Phi) is 9.45. The molecule has 0 amide bonds. The molecular formula is C9H13Cl2Zr. The summed E-state index contributed by atoms with van der Waals surface area (Å²) in [6, 6.07) is 0. The van der Waals surface area contributed by atoms with Crippen molar-refractivity contribution in [3.8, 4) is 0 Å². The maximum Gasteiger partial charge on any atom is -1.00 e. The molecule has 0 radical (unpaired) electrons. The largest absolute Gasteiger partial charge is 1.00 e. The monoisotopic (exact) mass is 281 g/mol. The smallest absolute Gasteiger partial charge is 1.00 e. The quantitative estimate of drug-likeness (QED) is 0.505. The van der Waals surface area contributed by atoms with Gasteiger partial charge in [-0.1, -0.05) is 0 Å². The molecule has 0 fully saturated rings. The van der Waals surface area contributed by atoms with Crippen molar-refractivity contribution < 1.29 is 49.5 Å². The van der Waals surface area contributed by atoms with Gasteiger partial charge in [-0.2, -0.15) is 0 Å². The number of hydrogen-bond acceptors (Lipinski definition) is 0. The molecule has 0 unspecified atom stereocenters. The molecule has 0 nitrogen and oxygen atoms in total. The topological polar surface area (TPSA) is 0 Å². The fourth-order valence-electron chi connectivity index (χ4n) is 1.34. The van der Waals surface area contributed by atoms with Crippen molar-refractivity contribution >= 4 is 0 Å². The van der Waals surface area contributed by atoms with Gasteiger partial charge in [0.05, 0.1) is 0 Å². The summed E-state index contributed by atoms with van der Waals surface area (Å²) in [5.74, 6) is 0. The molecule has 0 aromatic rings. The first-order valence-electron chi connectivity index (χ1n) is 3.86. The minimum Gasteiger partial charge on any atom is -1.00 e. The molecule has 12 heavy (non-hydrogen) atoms. The van der Waals surface area contributed by atoms with E-state index in [1.165, 1.54) is 24.8 Å². The number of rotatable bonds is 2. The van der Waals surface area contributed by atoms with Crippen molar-refractivity contribution in [3.63, 3.8) is 0 Å². The van der Waals surface area contributed by atoms with Crippen LogP contribution in [0.4, 0.5) is 0 Å². The third-order valence-electron chi connectivity index (χ3n) is 1.95. The van der Waals surface area contributed by atoms with E-state index in [4.69, 9.17) is 0 Å². The van der Waals surface area contributed by atoms with Gasteiger partial charge in [-0.05, 0) is 0 Å². The van der Waals surface area contributed by atoms with Gasteiger partial charge >= 0.3 is 78.3 Å². The van der Waals surface area contributed by atoms with Crippen LogP contribution in [0.3, 0.4) is 0 Å². The zero-order valence-corrected chi connectivity index (χ0v) is 11.4. The van der Waals surface area contributed by atoms with Crippen LogP contribution in [-0.2, 0) is 24.7 Å². The summed E-state index contributed by atoms with van der Waals surface area (Å²) >= 11 is 1.61. The van der Waals surface area contributed by atoms with E-state index in [2.05, 4.69) is 19.9 Å². The van der Waals surface area contributed by atoms with Gasteiger partial charge in [-0.3, -0.25) is 0 Å². The predicted molar refractivity (Wildman–Crippen MR) is 40.3 cm³/mol. The third kappa shape index (κ3) is 3.77. The Balaban J connectivity index is 0. The third-order valence-corrected chi connectivity index (χ3v) is 3.20. The van der Waals surface area contributed by atoms with Crippen LogP contribution < -0.4 is 24.8 Å². The Bertz CT molecular complexity index is 195. The molecular weight excluding hydrogens is 270 g/mol.